The molecule has 1 aromatic carbocycles. The monoisotopic (exact) mass is 349 g/mol. The van der Waals surface area contributed by atoms with Gasteiger partial charge in [0, 0.05) is 37.2 Å². The predicted molar refractivity (Wildman–Crippen MR) is 88.0 cm³/mol. The number of amides is 2. The molecule has 1 N–H and O–H groups in total. The zero-order valence-corrected chi connectivity index (χ0v) is 13.9. The smallest absolute Gasteiger partial charge is 0.248 e. The third kappa shape index (κ3) is 4.11. The number of benzene rings is 1. The van der Waals surface area contributed by atoms with Gasteiger partial charge in [0.2, 0.25) is 11.8 Å². The predicted octanol–water partition coefficient (Wildman–Crippen LogP) is 1.68. The summed E-state index contributed by atoms with van der Waals surface area (Å²) in [6.45, 7) is 2.20. The van der Waals surface area contributed by atoms with Crippen molar-refractivity contribution >= 4 is 35.0 Å². The lowest BCUT2D eigenvalue weighted by molar-refractivity contribution is -0.132. The molecule has 0 radical (unpaired) electrons. The van der Waals surface area contributed by atoms with Crippen molar-refractivity contribution in [1.82, 2.24) is 4.90 Å². The average molecular weight is 349 g/mol. The van der Waals surface area contributed by atoms with Gasteiger partial charge in [0.15, 0.2) is 11.7 Å². The molecule has 0 aromatic heterocycles. The van der Waals surface area contributed by atoms with Gasteiger partial charge in [-0.15, -0.1) is 0 Å². The Morgan fingerprint density at radius 1 is 1.33 bits per heavy atom. The molecule has 24 heavy (non-hydrogen) atoms. The second-order valence-electron chi connectivity index (χ2n) is 5.24. The molecule has 1 aliphatic rings. The molecule has 0 saturated carbocycles. The zero-order chi connectivity index (χ0) is 17.7. The standard InChI is InChI=1S/C16H16FN3O3S/c1-10(21)19-11-2-3-14(17)12(8-11)15(22)13(9-18)16(23)20-4-6-24-7-5-20/h2-3,8,13H,4-7H2,1H3,(H,19,21)/t13-/m1/s1. The van der Waals surface area contributed by atoms with E-state index in [0.29, 0.717) is 13.1 Å². The molecule has 0 aliphatic carbocycles. The first-order valence-corrected chi connectivity index (χ1v) is 8.47. The van der Waals surface area contributed by atoms with E-state index in [4.69, 9.17) is 0 Å². The van der Waals surface area contributed by atoms with Crippen molar-refractivity contribution in [3.8, 4) is 6.07 Å². The molecule has 1 aliphatic heterocycles. The molecule has 1 saturated heterocycles. The Morgan fingerprint density at radius 2 is 2.00 bits per heavy atom. The number of hydrogen-bond acceptors (Lipinski definition) is 5. The maximum atomic E-state index is 14.0. The number of carbonyl (C=O) groups is 3. The minimum atomic E-state index is -1.59. The van der Waals surface area contributed by atoms with Gasteiger partial charge in [-0.1, -0.05) is 0 Å². The summed E-state index contributed by atoms with van der Waals surface area (Å²) in [6.07, 6.45) is 0. The van der Waals surface area contributed by atoms with Crippen LogP contribution in [0.15, 0.2) is 18.2 Å². The van der Waals surface area contributed by atoms with Gasteiger partial charge in [-0.2, -0.15) is 17.0 Å². The Bertz CT molecular complexity index is 711. The fraction of sp³-hybridized carbons (Fsp3) is 0.375. The average Bonchev–Trinajstić information content (AvgIpc) is 2.57. The first-order valence-electron chi connectivity index (χ1n) is 7.31. The summed E-state index contributed by atoms with van der Waals surface area (Å²) in [5, 5.41) is 11.7. The molecular formula is C16H16FN3O3S. The molecule has 6 nitrogen and oxygen atoms in total. The summed E-state index contributed by atoms with van der Waals surface area (Å²) in [7, 11) is 0. The van der Waals surface area contributed by atoms with Crippen molar-refractivity contribution in [1.29, 1.82) is 5.26 Å². The highest BCUT2D eigenvalue weighted by Crippen LogP contribution is 2.21. The molecule has 126 valence electrons. The summed E-state index contributed by atoms with van der Waals surface area (Å²) in [5.41, 5.74) is -0.154. The van der Waals surface area contributed by atoms with Gasteiger partial charge in [-0.3, -0.25) is 14.4 Å². The third-order valence-corrected chi connectivity index (χ3v) is 4.46. The quantitative estimate of drug-likeness (QED) is 0.660. The van der Waals surface area contributed by atoms with E-state index in [1.54, 1.807) is 17.8 Å². The molecule has 1 heterocycles. The SMILES string of the molecule is CC(=O)Nc1ccc(F)c(C(=O)[C@@H](C#N)C(=O)N2CCSCC2)c1. The van der Waals surface area contributed by atoms with E-state index in [2.05, 4.69) is 5.32 Å². The summed E-state index contributed by atoms with van der Waals surface area (Å²) in [4.78, 5) is 37.4. The normalized spacial score (nSPS) is 15.3. The van der Waals surface area contributed by atoms with Crippen LogP contribution in [0.4, 0.5) is 10.1 Å². The highest BCUT2D eigenvalue weighted by atomic mass is 32.2. The number of nitrogens with one attached hydrogen (secondary N) is 1. The lowest BCUT2D eigenvalue weighted by Gasteiger charge is -2.27. The topological polar surface area (TPSA) is 90.3 Å². The summed E-state index contributed by atoms with van der Waals surface area (Å²) >= 11 is 1.69. The van der Waals surface area contributed by atoms with Crippen molar-refractivity contribution in [2.75, 3.05) is 29.9 Å². The van der Waals surface area contributed by atoms with Crippen LogP contribution in [-0.2, 0) is 9.59 Å². The zero-order valence-electron chi connectivity index (χ0n) is 13.0. The van der Waals surface area contributed by atoms with Crippen LogP contribution in [0, 0.1) is 23.1 Å². The molecule has 0 unspecified atom stereocenters. The number of nitrogens with zero attached hydrogens (tertiary/aromatic N) is 2. The Balaban J connectivity index is 2.26. The van der Waals surface area contributed by atoms with Crippen molar-refractivity contribution in [2.45, 2.75) is 6.92 Å². The van der Waals surface area contributed by atoms with E-state index >= 15 is 0 Å². The van der Waals surface area contributed by atoms with Gasteiger partial charge in [-0.05, 0) is 18.2 Å². The third-order valence-electron chi connectivity index (χ3n) is 3.51. The van der Waals surface area contributed by atoms with Crippen LogP contribution in [0.3, 0.4) is 0 Å². The van der Waals surface area contributed by atoms with Crippen molar-refractivity contribution < 1.29 is 18.8 Å². The molecule has 1 fully saturated rings. The molecule has 0 bridgehead atoms. The van der Waals surface area contributed by atoms with E-state index in [9.17, 15) is 24.0 Å². The summed E-state index contributed by atoms with van der Waals surface area (Å²) < 4.78 is 14.0. The Labute approximate surface area is 143 Å². The van der Waals surface area contributed by atoms with Crippen LogP contribution in [0.25, 0.3) is 0 Å². The minimum absolute atomic E-state index is 0.228. The number of rotatable bonds is 4. The second kappa shape index (κ2) is 7.93. The maximum absolute atomic E-state index is 14.0. The van der Waals surface area contributed by atoms with Crippen LogP contribution < -0.4 is 5.32 Å². The van der Waals surface area contributed by atoms with Crippen molar-refractivity contribution in [2.24, 2.45) is 5.92 Å². The highest BCUT2D eigenvalue weighted by Gasteiger charge is 2.33. The van der Waals surface area contributed by atoms with Gasteiger partial charge in [0.25, 0.3) is 0 Å². The summed E-state index contributed by atoms with van der Waals surface area (Å²) in [6, 6.07) is 5.15. The number of nitriles is 1. The molecule has 2 rings (SSSR count). The second-order valence-corrected chi connectivity index (χ2v) is 6.46. The van der Waals surface area contributed by atoms with E-state index in [1.165, 1.54) is 17.9 Å². The van der Waals surface area contributed by atoms with Gasteiger partial charge in [-0.25, -0.2) is 4.39 Å². The van der Waals surface area contributed by atoms with E-state index in [1.807, 2.05) is 0 Å². The number of hydrogen-bond donors (Lipinski definition) is 1. The van der Waals surface area contributed by atoms with Crippen LogP contribution >= 0.6 is 11.8 Å². The molecular weight excluding hydrogens is 333 g/mol. The minimum Gasteiger partial charge on any atom is -0.339 e. The van der Waals surface area contributed by atoms with Crippen LogP contribution in [0.1, 0.15) is 17.3 Å². The van der Waals surface area contributed by atoms with Gasteiger partial charge in [0.05, 0.1) is 11.6 Å². The molecule has 0 spiro atoms. The fourth-order valence-corrected chi connectivity index (χ4v) is 3.25. The number of carbonyl (C=O) groups excluding carboxylic acids is 3. The number of thioether (sulfide) groups is 1. The Kier molecular flexibility index (Phi) is 5.93. The van der Waals surface area contributed by atoms with Crippen molar-refractivity contribution in [3.63, 3.8) is 0 Å². The number of anilines is 1. The molecule has 8 heteroatoms. The molecule has 1 atom stereocenters. The number of halogens is 1. The summed E-state index contributed by atoms with van der Waals surface area (Å²) in [5.74, 6) is -2.82. The maximum Gasteiger partial charge on any atom is 0.248 e. The van der Waals surface area contributed by atoms with Gasteiger partial charge < -0.3 is 10.2 Å². The Morgan fingerprint density at radius 3 is 2.58 bits per heavy atom. The number of Topliss-reactive ketones (excluding diaryl/α,β-unsaturated/α-hetero) is 1. The first-order chi connectivity index (χ1) is 11.4. The largest absolute Gasteiger partial charge is 0.339 e. The van der Waals surface area contributed by atoms with Gasteiger partial charge in [0.1, 0.15) is 5.82 Å². The lowest BCUT2D eigenvalue weighted by atomic mass is 9.96. The number of ketones is 1. The first kappa shape index (κ1) is 17.9. The van der Waals surface area contributed by atoms with Gasteiger partial charge >= 0.3 is 0 Å². The van der Waals surface area contributed by atoms with Crippen LogP contribution in [0.2, 0.25) is 0 Å². The van der Waals surface area contributed by atoms with Crippen molar-refractivity contribution in [3.05, 3.63) is 29.6 Å². The lowest BCUT2D eigenvalue weighted by Crippen LogP contribution is -2.43. The molecule has 1 aromatic rings. The van der Waals surface area contributed by atoms with E-state index < -0.39 is 23.4 Å². The van der Waals surface area contributed by atoms with Crippen LogP contribution in [0.5, 0.6) is 0 Å². The fourth-order valence-electron chi connectivity index (χ4n) is 2.34. The van der Waals surface area contributed by atoms with E-state index in [0.717, 1.165) is 23.6 Å². The van der Waals surface area contributed by atoms with E-state index in [-0.39, 0.29) is 17.2 Å². The Hall–Kier alpha value is -2.40. The highest BCUT2D eigenvalue weighted by molar-refractivity contribution is 7.99. The molecule has 2 amide bonds. The van der Waals surface area contributed by atoms with Crippen LogP contribution in [-0.4, -0.2) is 47.1 Å².